The van der Waals surface area contributed by atoms with Crippen molar-refractivity contribution < 1.29 is 23.7 Å². The van der Waals surface area contributed by atoms with Crippen LogP contribution in [0.3, 0.4) is 0 Å². The third-order valence-corrected chi connectivity index (χ3v) is 7.49. The van der Waals surface area contributed by atoms with Crippen molar-refractivity contribution in [1.82, 2.24) is 9.80 Å². The molecule has 7 heteroatoms. The molecule has 1 saturated heterocycles. The van der Waals surface area contributed by atoms with Gasteiger partial charge in [-0.2, -0.15) is 0 Å². The third kappa shape index (κ3) is 5.41. The van der Waals surface area contributed by atoms with E-state index in [0.29, 0.717) is 12.2 Å². The van der Waals surface area contributed by atoms with Crippen LogP contribution in [0.5, 0.6) is 17.2 Å². The van der Waals surface area contributed by atoms with Crippen molar-refractivity contribution in [2.45, 2.75) is 57.7 Å². The van der Waals surface area contributed by atoms with Crippen LogP contribution in [0.4, 0.5) is 0 Å². The predicted octanol–water partition coefficient (Wildman–Crippen LogP) is 4.41. The number of fused-ring (bicyclic) bond motifs is 4. The van der Waals surface area contributed by atoms with Crippen LogP contribution in [0.25, 0.3) is 0 Å². The maximum absolute atomic E-state index is 13.4. The lowest BCUT2D eigenvalue weighted by atomic mass is 9.93. The van der Waals surface area contributed by atoms with Crippen molar-refractivity contribution in [2.24, 2.45) is 0 Å². The van der Waals surface area contributed by atoms with Crippen LogP contribution in [0.1, 0.15) is 53.6 Å². The maximum Gasteiger partial charge on any atom is 0.254 e. The summed E-state index contributed by atoms with van der Waals surface area (Å²) in [5, 5.41) is 0. The molecule has 2 aromatic carbocycles. The number of ether oxygens (including phenoxy) is 4. The van der Waals surface area contributed by atoms with Crippen molar-refractivity contribution in [3.63, 3.8) is 0 Å². The lowest BCUT2D eigenvalue weighted by molar-refractivity contribution is -0.0156. The van der Waals surface area contributed by atoms with Gasteiger partial charge in [0.05, 0.1) is 12.1 Å². The largest absolute Gasteiger partial charge is 0.492 e. The van der Waals surface area contributed by atoms with Crippen molar-refractivity contribution in [3.05, 3.63) is 53.1 Å². The standard InChI is InChI=1S/C28H36N2O5/c1-20-15-26-27(35-19-34-26)17-22(20)18-29-11-4-3-9-24-25(32-2)10-6-12-30(24)28(31)21-7-5-8-23(16-21)33-14-13-29/h5,7-8,15-17,24-25H,3-4,6,9-14,18-19H2,1-2H3/t24-,25-/m0/s1. The summed E-state index contributed by atoms with van der Waals surface area (Å²) in [7, 11) is 1.77. The van der Waals surface area contributed by atoms with E-state index in [1.54, 1.807) is 7.11 Å². The zero-order chi connectivity index (χ0) is 24.2. The first-order valence-corrected chi connectivity index (χ1v) is 12.8. The van der Waals surface area contributed by atoms with Crippen molar-refractivity contribution in [3.8, 4) is 17.2 Å². The maximum atomic E-state index is 13.4. The number of hydrogen-bond donors (Lipinski definition) is 0. The van der Waals surface area contributed by atoms with Gasteiger partial charge in [0, 0.05) is 32.3 Å². The molecule has 188 valence electrons. The number of hydrogen-bond acceptors (Lipinski definition) is 6. The minimum absolute atomic E-state index is 0.0826. The summed E-state index contributed by atoms with van der Waals surface area (Å²) < 4.78 is 23.1. The molecule has 0 radical (unpaired) electrons. The summed E-state index contributed by atoms with van der Waals surface area (Å²) in [4.78, 5) is 17.9. The van der Waals surface area contributed by atoms with Crippen molar-refractivity contribution in [2.75, 3.05) is 40.1 Å². The number of amides is 1. The molecule has 5 rings (SSSR count). The normalized spacial score (nSPS) is 23.4. The van der Waals surface area contributed by atoms with Gasteiger partial charge in [-0.3, -0.25) is 9.69 Å². The SMILES string of the molecule is CO[C@H]1CCCN2C(=O)c3cccc(c3)OCCN(Cc3cc4c(cc3C)OCO4)CCCC[C@@H]12. The molecule has 2 bridgehead atoms. The number of rotatable bonds is 3. The van der Waals surface area contributed by atoms with Gasteiger partial charge in [-0.1, -0.05) is 12.5 Å². The lowest BCUT2D eigenvalue weighted by Gasteiger charge is -2.41. The Balaban J connectivity index is 1.35. The van der Waals surface area contributed by atoms with Gasteiger partial charge in [-0.05, 0) is 80.6 Å². The Morgan fingerprint density at radius 2 is 1.83 bits per heavy atom. The zero-order valence-electron chi connectivity index (χ0n) is 20.8. The molecular formula is C28H36N2O5. The molecule has 7 nitrogen and oxygen atoms in total. The zero-order valence-corrected chi connectivity index (χ0v) is 20.8. The Bertz CT molecular complexity index is 1040. The lowest BCUT2D eigenvalue weighted by Crippen LogP contribution is -2.51. The monoisotopic (exact) mass is 480 g/mol. The van der Waals surface area contributed by atoms with E-state index in [-0.39, 0.29) is 24.8 Å². The molecule has 3 aliphatic heterocycles. The van der Waals surface area contributed by atoms with Crippen molar-refractivity contribution >= 4 is 5.91 Å². The second-order valence-electron chi connectivity index (χ2n) is 9.76. The van der Waals surface area contributed by atoms with Gasteiger partial charge in [-0.25, -0.2) is 0 Å². The van der Waals surface area contributed by atoms with Crippen LogP contribution in [0, 0.1) is 6.92 Å². The van der Waals surface area contributed by atoms with Crippen molar-refractivity contribution in [1.29, 1.82) is 0 Å². The third-order valence-electron chi connectivity index (χ3n) is 7.49. The molecule has 2 aromatic rings. The minimum Gasteiger partial charge on any atom is -0.492 e. The number of carbonyl (C=O) groups is 1. The predicted molar refractivity (Wildman–Crippen MR) is 133 cm³/mol. The average Bonchev–Trinajstić information content (AvgIpc) is 3.32. The highest BCUT2D eigenvalue weighted by Crippen LogP contribution is 2.35. The molecule has 0 saturated carbocycles. The summed E-state index contributed by atoms with van der Waals surface area (Å²) in [6.45, 7) is 6.38. The van der Waals surface area contributed by atoms with Crippen LogP contribution in [0.15, 0.2) is 36.4 Å². The van der Waals surface area contributed by atoms with E-state index in [9.17, 15) is 4.79 Å². The van der Waals surface area contributed by atoms with Crippen LogP contribution in [-0.4, -0.2) is 68.0 Å². The smallest absolute Gasteiger partial charge is 0.254 e. The fraction of sp³-hybridized carbons (Fsp3) is 0.536. The second kappa shape index (κ2) is 10.9. The minimum atomic E-state index is 0.0826. The van der Waals surface area contributed by atoms with E-state index in [1.165, 1.54) is 11.1 Å². The number of benzene rings is 2. The van der Waals surface area contributed by atoms with Gasteiger partial charge >= 0.3 is 0 Å². The topological polar surface area (TPSA) is 60.5 Å². The van der Waals surface area contributed by atoms with E-state index in [0.717, 1.165) is 75.5 Å². The number of nitrogens with zero attached hydrogens (tertiary/aromatic N) is 2. The molecule has 35 heavy (non-hydrogen) atoms. The van der Waals surface area contributed by atoms with Crippen LogP contribution >= 0.6 is 0 Å². The van der Waals surface area contributed by atoms with E-state index in [2.05, 4.69) is 24.0 Å². The first-order chi connectivity index (χ1) is 17.1. The molecule has 3 heterocycles. The number of methoxy groups -OCH3 is 1. The number of piperidine rings is 1. The van der Waals surface area contributed by atoms with Gasteiger partial charge in [0.2, 0.25) is 6.79 Å². The van der Waals surface area contributed by atoms with Crippen LogP contribution in [-0.2, 0) is 11.3 Å². The molecule has 0 N–H and O–H groups in total. The number of carbonyl (C=O) groups excluding carboxylic acids is 1. The van der Waals surface area contributed by atoms with E-state index in [1.807, 2.05) is 29.2 Å². The second-order valence-corrected chi connectivity index (χ2v) is 9.76. The molecule has 1 amide bonds. The quantitative estimate of drug-likeness (QED) is 0.649. The van der Waals surface area contributed by atoms with E-state index >= 15 is 0 Å². The summed E-state index contributed by atoms with van der Waals surface area (Å²) in [5.74, 6) is 2.48. The summed E-state index contributed by atoms with van der Waals surface area (Å²) >= 11 is 0. The Labute approximate surface area is 207 Å². The van der Waals surface area contributed by atoms with Gasteiger partial charge in [0.25, 0.3) is 5.91 Å². The van der Waals surface area contributed by atoms with Crippen LogP contribution in [0.2, 0.25) is 0 Å². The van der Waals surface area contributed by atoms with Gasteiger partial charge in [-0.15, -0.1) is 0 Å². The van der Waals surface area contributed by atoms with E-state index in [4.69, 9.17) is 18.9 Å². The Morgan fingerprint density at radius 1 is 0.971 bits per heavy atom. The van der Waals surface area contributed by atoms with Crippen LogP contribution < -0.4 is 14.2 Å². The first-order valence-electron chi connectivity index (χ1n) is 12.8. The molecular weight excluding hydrogens is 444 g/mol. The fourth-order valence-corrected chi connectivity index (χ4v) is 5.52. The highest BCUT2D eigenvalue weighted by molar-refractivity contribution is 5.95. The summed E-state index contributed by atoms with van der Waals surface area (Å²) in [5.41, 5.74) is 3.15. The van der Waals surface area contributed by atoms with E-state index < -0.39 is 0 Å². The molecule has 0 spiro atoms. The first kappa shape index (κ1) is 23.9. The Kier molecular flexibility index (Phi) is 7.44. The van der Waals surface area contributed by atoms with Gasteiger partial charge < -0.3 is 23.8 Å². The molecule has 0 unspecified atom stereocenters. The Hall–Kier alpha value is -2.77. The van der Waals surface area contributed by atoms with Gasteiger partial charge in [0.1, 0.15) is 12.4 Å². The average molecular weight is 481 g/mol. The highest BCUT2D eigenvalue weighted by Gasteiger charge is 2.34. The Morgan fingerprint density at radius 3 is 2.69 bits per heavy atom. The summed E-state index contributed by atoms with van der Waals surface area (Å²) in [6.07, 6.45) is 5.13. The highest BCUT2D eigenvalue weighted by atomic mass is 16.7. The molecule has 2 atom stereocenters. The molecule has 3 aliphatic rings. The molecule has 0 aliphatic carbocycles. The fourth-order valence-electron chi connectivity index (χ4n) is 5.52. The molecule has 1 fully saturated rings. The molecule has 0 aromatic heterocycles. The summed E-state index contributed by atoms with van der Waals surface area (Å²) in [6, 6.07) is 11.9. The van der Waals surface area contributed by atoms with Gasteiger partial charge in [0.15, 0.2) is 11.5 Å². The number of aryl methyl sites for hydroxylation is 1.